The van der Waals surface area contributed by atoms with Crippen LogP contribution in [0.25, 0.3) is 0 Å². The maximum atomic E-state index is 11.3. The molecule has 0 N–H and O–H groups in total. The maximum absolute atomic E-state index is 11.3. The van der Waals surface area contributed by atoms with Crippen molar-refractivity contribution in [3.63, 3.8) is 0 Å². The van der Waals surface area contributed by atoms with Crippen molar-refractivity contribution in [2.45, 2.75) is 18.2 Å². The van der Waals surface area contributed by atoms with E-state index in [2.05, 4.69) is 15.9 Å². The normalized spacial score (nSPS) is 11.1. The third-order valence-electron chi connectivity index (χ3n) is 1.92. The Labute approximate surface area is 101 Å². The SMILES string of the molecule is CCc1ccc(C#N)c(S(=O)(=O)Cl)c1Br. The monoisotopic (exact) mass is 307 g/mol. The molecular formula is C9H7BrClNO2S. The summed E-state index contributed by atoms with van der Waals surface area (Å²) in [6, 6.07) is 4.96. The number of hydrogen-bond acceptors (Lipinski definition) is 3. The third-order valence-corrected chi connectivity index (χ3v) is 4.47. The van der Waals surface area contributed by atoms with E-state index in [1.807, 2.05) is 6.92 Å². The molecule has 0 atom stereocenters. The van der Waals surface area contributed by atoms with Gasteiger partial charge in [-0.3, -0.25) is 0 Å². The minimum Gasteiger partial charge on any atom is -0.207 e. The lowest BCUT2D eigenvalue weighted by Crippen LogP contribution is -1.99. The molecule has 0 aliphatic carbocycles. The number of rotatable bonds is 2. The molecule has 0 fully saturated rings. The lowest BCUT2D eigenvalue weighted by Gasteiger charge is -2.07. The average molecular weight is 309 g/mol. The maximum Gasteiger partial charge on any atom is 0.263 e. The summed E-state index contributed by atoms with van der Waals surface area (Å²) in [6.45, 7) is 1.89. The first-order chi connectivity index (χ1) is 6.91. The van der Waals surface area contributed by atoms with Crippen molar-refractivity contribution in [2.24, 2.45) is 0 Å². The Morgan fingerprint density at radius 2 is 2.13 bits per heavy atom. The van der Waals surface area contributed by atoms with Crippen LogP contribution in [0.1, 0.15) is 18.1 Å². The lowest BCUT2D eigenvalue weighted by atomic mass is 10.1. The van der Waals surface area contributed by atoms with Crippen molar-refractivity contribution in [3.8, 4) is 6.07 Å². The smallest absolute Gasteiger partial charge is 0.207 e. The first kappa shape index (κ1) is 12.5. The Morgan fingerprint density at radius 1 is 1.53 bits per heavy atom. The summed E-state index contributed by atoms with van der Waals surface area (Å²) in [7, 11) is 1.36. The second kappa shape index (κ2) is 4.52. The molecular weight excluding hydrogens is 302 g/mol. The van der Waals surface area contributed by atoms with E-state index in [4.69, 9.17) is 15.9 Å². The van der Waals surface area contributed by atoms with E-state index >= 15 is 0 Å². The van der Waals surface area contributed by atoms with Crippen molar-refractivity contribution < 1.29 is 8.42 Å². The van der Waals surface area contributed by atoms with Crippen LogP contribution in [0, 0.1) is 11.3 Å². The van der Waals surface area contributed by atoms with Gasteiger partial charge in [0.15, 0.2) is 0 Å². The minimum atomic E-state index is -3.91. The van der Waals surface area contributed by atoms with Gasteiger partial charge in [0.2, 0.25) is 0 Å². The predicted octanol–water partition coefficient (Wildman–Crippen LogP) is 2.81. The van der Waals surface area contributed by atoms with E-state index in [1.165, 1.54) is 6.07 Å². The van der Waals surface area contributed by atoms with E-state index in [0.717, 1.165) is 5.56 Å². The number of halogens is 2. The Hall–Kier alpha value is -0.570. The Bertz CT molecular complexity index is 534. The molecule has 6 heteroatoms. The summed E-state index contributed by atoms with van der Waals surface area (Å²) < 4.78 is 22.9. The molecule has 0 aromatic heterocycles. The van der Waals surface area contributed by atoms with Crippen LogP contribution < -0.4 is 0 Å². The molecule has 15 heavy (non-hydrogen) atoms. The lowest BCUT2D eigenvalue weighted by molar-refractivity contribution is 0.608. The van der Waals surface area contributed by atoms with Gasteiger partial charge in [-0.1, -0.05) is 13.0 Å². The van der Waals surface area contributed by atoms with Gasteiger partial charge in [-0.15, -0.1) is 0 Å². The molecule has 0 spiro atoms. The highest BCUT2D eigenvalue weighted by molar-refractivity contribution is 9.10. The molecule has 1 rings (SSSR count). The highest BCUT2D eigenvalue weighted by Crippen LogP contribution is 2.31. The largest absolute Gasteiger partial charge is 0.263 e. The van der Waals surface area contributed by atoms with Crippen molar-refractivity contribution >= 4 is 35.7 Å². The average Bonchev–Trinajstić information content (AvgIpc) is 2.15. The van der Waals surface area contributed by atoms with Crippen LogP contribution in [-0.2, 0) is 15.5 Å². The van der Waals surface area contributed by atoms with Gasteiger partial charge >= 0.3 is 0 Å². The number of aryl methyl sites for hydroxylation is 1. The van der Waals surface area contributed by atoms with Gasteiger partial charge in [0, 0.05) is 15.2 Å². The Morgan fingerprint density at radius 3 is 2.53 bits per heavy atom. The summed E-state index contributed by atoms with van der Waals surface area (Å²) in [4.78, 5) is -0.147. The molecule has 0 radical (unpaired) electrons. The molecule has 0 unspecified atom stereocenters. The van der Waals surface area contributed by atoms with E-state index in [9.17, 15) is 8.42 Å². The molecule has 0 aliphatic heterocycles. The number of benzene rings is 1. The topological polar surface area (TPSA) is 57.9 Å². The van der Waals surface area contributed by atoms with Crippen LogP contribution in [0.15, 0.2) is 21.5 Å². The Balaban J connectivity index is 3.67. The molecule has 1 aromatic carbocycles. The van der Waals surface area contributed by atoms with Gasteiger partial charge in [-0.05, 0) is 34.0 Å². The molecule has 0 saturated carbocycles. The van der Waals surface area contributed by atoms with E-state index in [1.54, 1.807) is 12.1 Å². The van der Waals surface area contributed by atoms with Gasteiger partial charge in [0.1, 0.15) is 11.0 Å². The van der Waals surface area contributed by atoms with Crippen molar-refractivity contribution in [2.75, 3.05) is 0 Å². The standard InChI is InChI=1S/C9H7BrClNO2S/c1-2-6-3-4-7(5-12)9(8(6)10)15(11,13)14/h3-4H,2H2,1H3. The minimum absolute atomic E-state index is 0.0501. The first-order valence-corrected chi connectivity index (χ1v) is 7.18. The van der Waals surface area contributed by atoms with Crippen molar-refractivity contribution in [1.29, 1.82) is 5.26 Å². The van der Waals surface area contributed by atoms with E-state index in [-0.39, 0.29) is 10.5 Å². The fourth-order valence-electron chi connectivity index (χ4n) is 1.20. The highest BCUT2D eigenvalue weighted by Gasteiger charge is 2.21. The van der Waals surface area contributed by atoms with Gasteiger partial charge in [0.05, 0.1) is 5.56 Å². The van der Waals surface area contributed by atoms with Crippen LogP contribution in [0.2, 0.25) is 0 Å². The molecule has 0 amide bonds. The fraction of sp³-hybridized carbons (Fsp3) is 0.222. The summed E-state index contributed by atoms with van der Waals surface area (Å²) in [5.41, 5.74) is 0.849. The van der Waals surface area contributed by atoms with E-state index < -0.39 is 9.05 Å². The highest BCUT2D eigenvalue weighted by atomic mass is 79.9. The predicted molar refractivity (Wildman–Crippen MR) is 61.3 cm³/mol. The summed E-state index contributed by atoms with van der Waals surface area (Å²) in [6.07, 6.45) is 0.658. The first-order valence-electron chi connectivity index (χ1n) is 4.08. The number of hydrogen-bond donors (Lipinski definition) is 0. The summed E-state index contributed by atoms with van der Waals surface area (Å²) in [5.74, 6) is 0. The van der Waals surface area contributed by atoms with Crippen LogP contribution in [0.5, 0.6) is 0 Å². The van der Waals surface area contributed by atoms with Gasteiger partial charge in [-0.25, -0.2) is 8.42 Å². The zero-order chi connectivity index (χ0) is 11.6. The van der Waals surface area contributed by atoms with Gasteiger partial charge in [-0.2, -0.15) is 5.26 Å². The Kier molecular flexibility index (Phi) is 3.77. The molecule has 0 heterocycles. The molecule has 0 bridgehead atoms. The summed E-state index contributed by atoms with van der Waals surface area (Å²) in [5, 5.41) is 8.78. The molecule has 80 valence electrons. The van der Waals surface area contributed by atoms with Crippen LogP contribution in [-0.4, -0.2) is 8.42 Å². The second-order valence-electron chi connectivity index (χ2n) is 2.82. The van der Waals surface area contributed by atoms with E-state index in [0.29, 0.717) is 10.9 Å². The van der Waals surface area contributed by atoms with Crippen LogP contribution in [0.4, 0.5) is 0 Å². The number of nitriles is 1. The van der Waals surface area contributed by atoms with Crippen LogP contribution in [0.3, 0.4) is 0 Å². The third kappa shape index (κ3) is 2.51. The molecule has 1 aromatic rings. The summed E-state index contributed by atoms with van der Waals surface area (Å²) >= 11 is 3.15. The molecule has 3 nitrogen and oxygen atoms in total. The van der Waals surface area contributed by atoms with Gasteiger partial charge < -0.3 is 0 Å². The molecule has 0 aliphatic rings. The number of nitrogens with zero attached hydrogens (tertiary/aromatic N) is 1. The zero-order valence-electron chi connectivity index (χ0n) is 7.79. The van der Waals surface area contributed by atoms with Gasteiger partial charge in [0.25, 0.3) is 9.05 Å². The van der Waals surface area contributed by atoms with Crippen molar-refractivity contribution in [3.05, 3.63) is 27.7 Å². The fourth-order valence-corrected chi connectivity index (χ4v) is 3.94. The zero-order valence-corrected chi connectivity index (χ0v) is 10.9. The van der Waals surface area contributed by atoms with Crippen LogP contribution >= 0.6 is 26.6 Å². The second-order valence-corrected chi connectivity index (χ2v) is 6.11. The molecule has 0 saturated heterocycles. The quantitative estimate of drug-likeness (QED) is 0.789. The van der Waals surface area contributed by atoms with Crippen molar-refractivity contribution in [1.82, 2.24) is 0 Å².